The van der Waals surface area contributed by atoms with Gasteiger partial charge in [-0.2, -0.15) is 0 Å². The smallest absolute Gasteiger partial charge is 0.141 e. The number of carbonyl (C=O) groups excluding carboxylic acids is 1. The summed E-state index contributed by atoms with van der Waals surface area (Å²) in [5, 5.41) is 2.06. The molecule has 1 heterocycles. The molecule has 0 spiro atoms. The van der Waals surface area contributed by atoms with Gasteiger partial charge in [0.15, 0.2) is 0 Å². The van der Waals surface area contributed by atoms with Crippen LogP contribution in [0.1, 0.15) is 50.3 Å². The van der Waals surface area contributed by atoms with Gasteiger partial charge in [0, 0.05) is 27.1 Å². The van der Waals surface area contributed by atoms with Crippen LogP contribution in [0.25, 0.3) is 0 Å². The Morgan fingerprint density at radius 1 is 1.39 bits per heavy atom. The SMILES string of the molecule is CCCC1CCC(C(=O)Cc2cc(Br)cs2)CC1. The van der Waals surface area contributed by atoms with Crippen LogP contribution in [0, 0.1) is 11.8 Å². The van der Waals surface area contributed by atoms with Gasteiger partial charge in [0.2, 0.25) is 0 Å². The summed E-state index contributed by atoms with van der Waals surface area (Å²) in [5.41, 5.74) is 0. The van der Waals surface area contributed by atoms with Gasteiger partial charge in [0.25, 0.3) is 0 Å². The molecule has 0 amide bonds. The highest BCUT2D eigenvalue weighted by atomic mass is 79.9. The van der Waals surface area contributed by atoms with Gasteiger partial charge in [-0.25, -0.2) is 0 Å². The van der Waals surface area contributed by atoms with Crippen molar-refractivity contribution in [2.75, 3.05) is 0 Å². The molecular weight excluding hydrogens is 308 g/mol. The Kier molecular flexibility index (Phi) is 5.43. The van der Waals surface area contributed by atoms with E-state index in [-0.39, 0.29) is 0 Å². The minimum atomic E-state index is 0.332. The minimum Gasteiger partial charge on any atom is -0.299 e. The Hall–Kier alpha value is -0.150. The van der Waals surface area contributed by atoms with Gasteiger partial charge in [-0.15, -0.1) is 11.3 Å². The van der Waals surface area contributed by atoms with Crippen LogP contribution in [-0.2, 0) is 11.2 Å². The van der Waals surface area contributed by atoms with Crippen molar-refractivity contribution in [3.63, 3.8) is 0 Å². The molecule has 1 nitrogen and oxygen atoms in total. The number of halogens is 1. The predicted octanol–water partition coefficient (Wildman–Crippen LogP) is 5.23. The molecule has 0 N–H and O–H groups in total. The molecule has 1 aliphatic rings. The summed E-state index contributed by atoms with van der Waals surface area (Å²) in [4.78, 5) is 13.4. The second kappa shape index (κ2) is 6.85. The fourth-order valence-electron chi connectivity index (χ4n) is 2.94. The number of hydrogen-bond donors (Lipinski definition) is 0. The van der Waals surface area contributed by atoms with Gasteiger partial charge in [0.1, 0.15) is 5.78 Å². The highest BCUT2D eigenvalue weighted by Gasteiger charge is 2.25. The zero-order chi connectivity index (χ0) is 13.0. The molecular formula is C15H21BrOS. The monoisotopic (exact) mass is 328 g/mol. The number of hydrogen-bond acceptors (Lipinski definition) is 2. The second-order valence-electron chi connectivity index (χ2n) is 5.38. The molecule has 3 heteroatoms. The van der Waals surface area contributed by atoms with E-state index in [2.05, 4.69) is 34.3 Å². The molecule has 18 heavy (non-hydrogen) atoms. The van der Waals surface area contributed by atoms with E-state index in [0.29, 0.717) is 18.1 Å². The lowest BCUT2D eigenvalue weighted by molar-refractivity contribution is -0.123. The largest absolute Gasteiger partial charge is 0.299 e. The first-order valence-electron chi connectivity index (χ1n) is 6.94. The summed E-state index contributed by atoms with van der Waals surface area (Å²) in [6.07, 6.45) is 8.04. The number of Topliss-reactive ketones (excluding diaryl/α,β-unsaturated/α-hetero) is 1. The number of rotatable bonds is 5. The molecule has 0 saturated heterocycles. The number of carbonyl (C=O) groups is 1. The van der Waals surface area contributed by atoms with Crippen LogP contribution in [0.3, 0.4) is 0 Å². The second-order valence-corrected chi connectivity index (χ2v) is 7.29. The molecule has 0 bridgehead atoms. The lowest BCUT2D eigenvalue weighted by Gasteiger charge is -2.27. The molecule has 2 rings (SSSR count). The maximum Gasteiger partial charge on any atom is 0.141 e. The molecule has 0 radical (unpaired) electrons. The van der Waals surface area contributed by atoms with E-state index < -0.39 is 0 Å². The molecule has 0 unspecified atom stereocenters. The highest BCUT2D eigenvalue weighted by molar-refractivity contribution is 9.10. The maximum absolute atomic E-state index is 12.2. The first-order valence-corrected chi connectivity index (χ1v) is 8.62. The molecule has 1 aliphatic carbocycles. The third-order valence-electron chi connectivity index (χ3n) is 3.97. The quantitative estimate of drug-likeness (QED) is 0.723. The van der Waals surface area contributed by atoms with Gasteiger partial charge in [-0.05, 0) is 53.6 Å². The fourth-order valence-corrected chi connectivity index (χ4v) is 4.40. The Morgan fingerprint density at radius 3 is 2.67 bits per heavy atom. The van der Waals surface area contributed by atoms with E-state index in [0.717, 1.165) is 23.2 Å². The van der Waals surface area contributed by atoms with Gasteiger partial charge in [-0.1, -0.05) is 19.8 Å². The summed E-state index contributed by atoms with van der Waals surface area (Å²) in [5.74, 6) is 1.67. The van der Waals surface area contributed by atoms with Crippen LogP contribution in [0.2, 0.25) is 0 Å². The average molecular weight is 329 g/mol. The van der Waals surface area contributed by atoms with Crippen LogP contribution >= 0.6 is 27.3 Å². The zero-order valence-corrected chi connectivity index (χ0v) is 13.4. The van der Waals surface area contributed by atoms with Crippen LogP contribution in [0.15, 0.2) is 15.9 Å². The normalized spacial score (nSPS) is 24.1. The van der Waals surface area contributed by atoms with E-state index in [9.17, 15) is 4.79 Å². The van der Waals surface area contributed by atoms with Crippen molar-refractivity contribution in [2.45, 2.75) is 51.9 Å². The minimum absolute atomic E-state index is 0.332. The summed E-state index contributed by atoms with van der Waals surface area (Å²) >= 11 is 5.13. The van der Waals surface area contributed by atoms with Crippen molar-refractivity contribution >= 4 is 33.0 Å². The van der Waals surface area contributed by atoms with Crippen molar-refractivity contribution < 1.29 is 4.79 Å². The molecule has 0 atom stereocenters. The predicted molar refractivity (Wildman–Crippen MR) is 81.1 cm³/mol. The van der Waals surface area contributed by atoms with Gasteiger partial charge in [0.05, 0.1) is 0 Å². The molecule has 0 aliphatic heterocycles. The fraction of sp³-hybridized carbons (Fsp3) is 0.667. The third-order valence-corrected chi connectivity index (χ3v) is 5.67. The number of ketones is 1. The first-order chi connectivity index (χ1) is 8.69. The average Bonchev–Trinajstić information content (AvgIpc) is 2.76. The van der Waals surface area contributed by atoms with Crippen molar-refractivity contribution in [3.8, 4) is 0 Å². The van der Waals surface area contributed by atoms with Crippen molar-refractivity contribution in [3.05, 3.63) is 20.8 Å². The van der Waals surface area contributed by atoms with E-state index in [1.54, 1.807) is 11.3 Å². The lowest BCUT2D eigenvalue weighted by atomic mass is 9.78. The van der Waals surface area contributed by atoms with E-state index >= 15 is 0 Å². The third kappa shape index (κ3) is 3.92. The first kappa shape index (κ1) is 14.3. The zero-order valence-electron chi connectivity index (χ0n) is 11.0. The molecule has 100 valence electrons. The standard InChI is InChI=1S/C15H21BrOS/c1-2-3-11-4-6-12(7-5-11)15(17)9-14-8-13(16)10-18-14/h8,10-12H,2-7,9H2,1H3. The van der Waals surface area contributed by atoms with Gasteiger partial charge >= 0.3 is 0 Å². The van der Waals surface area contributed by atoms with Gasteiger partial charge in [-0.3, -0.25) is 4.79 Å². The topological polar surface area (TPSA) is 17.1 Å². The van der Waals surface area contributed by atoms with E-state index in [4.69, 9.17) is 0 Å². The van der Waals surface area contributed by atoms with E-state index in [1.165, 1.54) is 30.6 Å². The Labute approximate surface area is 122 Å². The summed E-state index contributed by atoms with van der Waals surface area (Å²) in [7, 11) is 0. The van der Waals surface area contributed by atoms with Crippen LogP contribution < -0.4 is 0 Å². The Morgan fingerprint density at radius 2 is 2.11 bits per heavy atom. The van der Waals surface area contributed by atoms with Crippen LogP contribution in [-0.4, -0.2) is 5.78 Å². The van der Waals surface area contributed by atoms with Crippen molar-refractivity contribution in [1.82, 2.24) is 0 Å². The molecule has 0 aromatic carbocycles. The van der Waals surface area contributed by atoms with Crippen molar-refractivity contribution in [1.29, 1.82) is 0 Å². The lowest BCUT2D eigenvalue weighted by Crippen LogP contribution is -2.23. The molecule has 1 aromatic rings. The highest BCUT2D eigenvalue weighted by Crippen LogP contribution is 2.33. The molecule has 1 aromatic heterocycles. The Bertz CT molecular complexity index is 391. The van der Waals surface area contributed by atoms with Gasteiger partial charge < -0.3 is 0 Å². The molecule has 1 saturated carbocycles. The summed E-state index contributed by atoms with van der Waals surface area (Å²) in [6, 6.07) is 2.07. The summed E-state index contributed by atoms with van der Waals surface area (Å²) in [6.45, 7) is 2.26. The van der Waals surface area contributed by atoms with Crippen molar-refractivity contribution in [2.24, 2.45) is 11.8 Å². The Balaban J connectivity index is 1.80. The number of thiophene rings is 1. The van der Waals surface area contributed by atoms with Crippen LogP contribution in [0.4, 0.5) is 0 Å². The van der Waals surface area contributed by atoms with E-state index in [1.807, 2.05) is 0 Å². The van der Waals surface area contributed by atoms with Crippen LogP contribution in [0.5, 0.6) is 0 Å². The molecule has 1 fully saturated rings. The summed E-state index contributed by atoms with van der Waals surface area (Å²) < 4.78 is 1.10. The maximum atomic E-state index is 12.2.